The fourth-order valence-electron chi connectivity index (χ4n) is 1.76. The molecule has 1 aromatic carbocycles. The molecule has 2 nitrogen and oxygen atoms in total. The fraction of sp³-hybridized carbons (Fsp3) is 0.533. The van der Waals surface area contributed by atoms with Crippen LogP contribution in [0.5, 0.6) is 0 Å². The molecule has 1 rings (SSSR count). The van der Waals surface area contributed by atoms with Gasteiger partial charge in [0.25, 0.3) is 0 Å². The van der Waals surface area contributed by atoms with E-state index in [9.17, 15) is 0 Å². The van der Waals surface area contributed by atoms with Crippen LogP contribution in [0.2, 0.25) is 0 Å². The Hall–Kier alpha value is -0.980. The van der Waals surface area contributed by atoms with Gasteiger partial charge >= 0.3 is 0 Å². The average molecular weight is 262 g/mol. The highest BCUT2D eigenvalue weighted by atomic mass is 32.2. The SMILES string of the molecule is CC(C)Sc1ccc(CN(C)CCCC#N)cc1. The van der Waals surface area contributed by atoms with Crippen LogP contribution in [0.25, 0.3) is 0 Å². The number of unbranched alkanes of at least 4 members (excludes halogenated alkanes) is 1. The molecule has 0 aliphatic rings. The van der Waals surface area contributed by atoms with Gasteiger partial charge in [0.05, 0.1) is 6.07 Å². The quantitative estimate of drug-likeness (QED) is 0.550. The molecule has 0 aliphatic heterocycles. The van der Waals surface area contributed by atoms with Crippen molar-refractivity contribution in [1.29, 1.82) is 5.26 Å². The van der Waals surface area contributed by atoms with Gasteiger partial charge in [-0.05, 0) is 37.7 Å². The van der Waals surface area contributed by atoms with E-state index in [1.54, 1.807) is 0 Å². The molecule has 18 heavy (non-hydrogen) atoms. The summed E-state index contributed by atoms with van der Waals surface area (Å²) in [4.78, 5) is 3.60. The summed E-state index contributed by atoms with van der Waals surface area (Å²) in [6.45, 7) is 6.36. The Morgan fingerprint density at radius 3 is 2.50 bits per heavy atom. The van der Waals surface area contributed by atoms with Crippen molar-refractivity contribution >= 4 is 11.8 Å². The number of rotatable bonds is 7. The molecule has 3 heteroatoms. The number of nitriles is 1. The van der Waals surface area contributed by atoms with Gasteiger partial charge in [-0.3, -0.25) is 0 Å². The molecule has 0 saturated carbocycles. The Morgan fingerprint density at radius 1 is 1.28 bits per heavy atom. The van der Waals surface area contributed by atoms with Crippen molar-refractivity contribution in [3.05, 3.63) is 29.8 Å². The van der Waals surface area contributed by atoms with E-state index in [0.29, 0.717) is 11.7 Å². The fourth-order valence-corrected chi connectivity index (χ4v) is 2.60. The van der Waals surface area contributed by atoms with Crippen molar-refractivity contribution in [3.63, 3.8) is 0 Å². The van der Waals surface area contributed by atoms with E-state index in [1.807, 2.05) is 11.8 Å². The van der Waals surface area contributed by atoms with Gasteiger partial charge in [0, 0.05) is 23.1 Å². The van der Waals surface area contributed by atoms with E-state index in [4.69, 9.17) is 5.26 Å². The molecule has 0 unspecified atom stereocenters. The largest absolute Gasteiger partial charge is 0.302 e. The maximum atomic E-state index is 8.50. The van der Waals surface area contributed by atoms with E-state index < -0.39 is 0 Å². The molecular weight excluding hydrogens is 240 g/mol. The average Bonchev–Trinajstić information content (AvgIpc) is 2.31. The van der Waals surface area contributed by atoms with Crippen LogP contribution < -0.4 is 0 Å². The number of benzene rings is 1. The van der Waals surface area contributed by atoms with Crippen molar-refractivity contribution in [2.45, 2.75) is 43.4 Å². The lowest BCUT2D eigenvalue weighted by molar-refractivity contribution is 0.323. The minimum Gasteiger partial charge on any atom is -0.302 e. The lowest BCUT2D eigenvalue weighted by Crippen LogP contribution is -2.18. The molecule has 0 aliphatic carbocycles. The van der Waals surface area contributed by atoms with E-state index in [0.717, 1.165) is 19.5 Å². The zero-order chi connectivity index (χ0) is 13.4. The highest BCUT2D eigenvalue weighted by molar-refractivity contribution is 7.99. The van der Waals surface area contributed by atoms with Crippen LogP contribution in [0.4, 0.5) is 0 Å². The van der Waals surface area contributed by atoms with Gasteiger partial charge < -0.3 is 4.90 Å². The third-order valence-corrected chi connectivity index (χ3v) is 3.59. The Balaban J connectivity index is 2.41. The summed E-state index contributed by atoms with van der Waals surface area (Å²) in [6.07, 6.45) is 1.60. The lowest BCUT2D eigenvalue weighted by Gasteiger charge is -2.16. The smallest absolute Gasteiger partial charge is 0.0622 e. The first-order chi connectivity index (χ1) is 8.61. The molecule has 0 fully saturated rings. The minimum absolute atomic E-state index is 0.629. The Bertz CT molecular complexity index is 378. The van der Waals surface area contributed by atoms with E-state index >= 15 is 0 Å². The molecule has 0 heterocycles. The summed E-state index contributed by atoms with van der Waals surface area (Å²) in [7, 11) is 2.11. The zero-order valence-electron chi connectivity index (χ0n) is 11.5. The van der Waals surface area contributed by atoms with Crippen molar-refractivity contribution < 1.29 is 0 Å². The first-order valence-corrected chi connectivity index (χ1v) is 7.31. The predicted molar refractivity (Wildman–Crippen MR) is 78.6 cm³/mol. The van der Waals surface area contributed by atoms with Crippen LogP contribution in [0.1, 0.15) is 32.3 Å². The van der Waals surface area contributed by atoms with Crippen molar-refractivity contribution in [2.75, 3.05) is 13.6 Å². The molecule has 0 amide bonds. The monoisotopic (exact) mass is 262 g/mol. The second-order valence-electron chi connectivity index (χ2n) is 4.81. The summed E-state index contributed by atoms with van der Waals surface area (Å²) in [5.41, 5.74) is 1.34. The molecular formula is C15H22N2S. The summed E-state index contributed by atoms with van der Waals surface area (Å²) in [5, 5.41) is 9.13. The lowest BCUT2D eigenvalue weighted by atomic mass is 10.2. The summed E-state index contributed by atoms with van der Waals surface area (Å²) in [6, 6.07) is 11.0. The summed E-state index contributed by atoms with van der Waals surface area (Å²) >= 11 is 1.89. The third-order valence-electron chi connectivity index (χ3n) is 2.58. The minimum atomic E-state index is 0.629. The molecule has 0 aromatic heterocycles. The van der Waals surface area contributed by atoms with Crippen LogP contribution in [0.3, 0.4) is 0 Å². The van der Waals surface area contributed by atoms with Gasteiger partial charge in [-0.25, -0.2) is 0 Å². The van der Waals surface area contributed by atoms with Crippen molar-refractivity contribution in [2.24, 2.45) is 0 Å². The van der Waals surface area contributed by atoms with Gasteiger partial charge in [0.2, 0.25) is 0 Å². The maximum Gasteiger partial charge on any atom is 0.0622 e. The topological polar surface area (TPSA) is 27.0 Å². The molecule has 0 N–H and O–H groups in total. The van der Waals surface area contributed by atoms with Crippen molar-refractivity contribution in [3.8, 4) is 6.07 Å². The first-order valence-electron chi connectivity index (χ1n) is 6.43. The number of thioether (sulfide) groups is 1. The Labute approximate surface area is 115 Å². The molecule has 1 aromatic rings. The predicted octanol–water partition coefficient (Wildman–Crippen LogP) is 3.92. The number of nitrogens with zero attached hydrogens (tertiary/aromatic N) is 2. The van der Waals surface area contributed by atoms with Gasteiger partial charge in [0.15, 0.2) is 0 Å². The third kappa shape index (κ3) is 6.09. The normalized spacial score (nSPS) is 10.9. The Kier molecular flexibility index (Phi) is 6.85. The highest BCUT2D eigenvalue weighted by Gasteiger charge is 2.02. The molecule has 0 atom stereocenters. The number of hydrogen-bond acceptors (Lipinski definition) is 3. The molecule has 0 bridgehead atoms. The van der Waals surface area contributed by atoms with Crippen LogP contribution in [0.15, 0.2) is 29.2 Å². The Morgan fingerprint density at radius 2 is 1.94 bits per heavy atom. The van der Waals surface area contributed by atoms with Crippen LogP contribution >= 0.6 is 11.8 Å². The highest BCUT2D eigenvalue weighted by Crippen LogP contribution is 2.23. The summed E-state index contributed by atoms with van der Waals surface area (Å²) in [5.74, 6) is 0. The van der Waals surface area contributed by atoms with Gasteiger partial charge in [-0.15, -0.1) is 11.8 Å². The second kappa shape index (κ2) is 8.18. The maximum absolute atomic E-state index is 8.50. The summed E-state index contributed by atoms with van der Waals surface area (Å²) < 4.78 is 0. The van der Waals surface area contributed by atoms with Crippen LogP contribution in [-0.4, -0.2) is 23.7 Å². The van der Waals surface area contributed by atoms with E-state index in [1.165, 1.54) is 10.5 Å². The first kappa shape index (κ1) is 15.1. The number of hydrogen-bond donors (Lipinski definition) is 0. The van der Waals surface area contributed by atoms with Crippen LogP contribution in [0, 0.1) is 11.3 Å². The van der Waals surface area contributed by atoms with E-state index in [-0.39, 0.29) is 0 Å². The molecule has 0 radical (unpaired) electrons. The van der Waals surface area contributed by atoms with Gasteiger partial charge in [0.1, 0.15) is 0 Å². The van der Waals surface area contributed by atoms with Gasteiger partial charge in [-0.2, -0.15) is 5.26 Å². The second-order valence-corrected chi connectivity index (χ2v) is 6.46. The van der Waals surface area contributed by atoms with Gasteiger partial charge in [-0.1, -0.05) is 26.0 Å². The van der Waals surface area contributed by atoms with Crippen LogP contribution in [-0.2, 0) is 6.54 Å². The zero-order valence-corrected chi connectivity index (χ0v) is 12.3. The molecule has 0 saturated heterocycles. The molecule has 0 spiro atoms. The van der Waals surface area contributed by atoms with Crippen molar-refractivity contribution in [1.82, 2.24) is 4.90 Å². The molecule has 98 valence electrons. The van der Waals surface area contributed by atoms with E-state index in [2.05, 4.69) is 56.1 Å². The standard InChI is InChI=1S/C15H22N2S/c1-13(2)18-15-8-6-14(7-9-15)12-17(3)11-5-4-10-16/h6-9,13H,4-5,11-12H2,1-3H3.